The molecule has 1 aliphatic rings. The minimum atomic E-state index is -0.0332. The van der Waals surface area contributed by atoms with Crippen LogP contribution >= 0.6 is 11.6 Å². The summed E-state index contributed by atoms with van der Waals surface area (Å²) in [5.74, 6) is -0.0332. The van der Waals surface area contributed by atoms with E-state index < -0.39 is 0 Å². The summed E-state index contributed by atoms with van der Waals surface area (Å²) in [7, 11) is 0. The van der Waals surface area contributed by atoms with Crippen molar-refractivity contribution in [3.05, 3.63) is 47.2 Å². The minimum Gasteiger partial charge on any atom is -0.334 e. The van der Waals surface area contributed by atoms with Crippen LogP contribution < -0.4 is 5.32 Å². The van der Waals surface area contributed by atoms with Gasteiger partial charge in [0.2, 0.25) is 0 Å². The molecule has 110 valence electrons. The second kappa shape index (κ2) is 5.87. The number of para-hydroxylation sites is 1. The van der Waals surface area contributed by atoms with Crippen LogP contribution in [0.2, 0.25) is 5.02 Å². The van der Waals surface area contributed by atoms with Gasteiger partial charge >= 0.3 is 0 Å². The summed E-state index contributed by atoms with van der Waals surface area (Å²) in [6, 6.07) is 9.48. The lowest BCUT2D eigenvalue weighted by Crippen LogP contribution is -2.51. The summed E-state index contributed by atoms with van der Waals surface area (Å²) in [5.41, 5.74) is 1.22. The lowest BCUT2D eigenvalue weighted by Gasteiger charge is -2.31. The molecule has 6 heteroatoms. The summed E-state index contributed by atoms with van der Waals surface area (Å²) in [6.07, 6.45) is 1.76. The molecule has 0 saturated carbocycles. The maximum Gasteiger partial charge on any atom is 0.274 e. The molecular weight excluding hydrogens is 288 g/mol. The summed E-state index contributed by atoms with van der Waals surface area (Å²) >= 11 is 6.15. The second-order valence-electron chi connectivity index (χ2n) is 5.20. The van der Waals surface area contributed by atoms with E-state index in [1.54, 1.807) is 23.0 Å². The average Bonchev–Trinajstić information content (AvgIpc) is 2.96. The van der Waals surface area contributed by atoms with Gasteiger partial charge in [-0.1, -0.05) is 23.7 Å². The third-order valence-electron chi connectivity index (χ3n) is 3.56. The van der Waals surface area contributed by atoms with E-state index in [1.807, 2.05) is 23.1 Å². The molecule has 1 aliphatic heterocycles. The fourth-order valence-corrected chi connectivity index (χ4v) is 2.71. The molecule has 0 unspecified atom stereocenters. The van der Waals surface area contributed by atoms with Gasteiger partial charge in [0.05, 0.1) is 10.7 Å². The highest BCUT2D eigenvalue weighted by molar-refractivity contribution is 6.32. The molecule has 0 spiro atoms. The van der Waals surface area contributed by atoms with Crippen molar-refractivity contribution >= 4 is 17.5 Å². The Labute approximate surface area is 128 Å². The van der Waals surface area contributed by atoms with Crippen LogP contribution in [0, 0.1) is 0 Å². The van der Waals surface area contributed by atoms with Crippen molar-refractivity contribution in [1.29, 1.82) is 0 Å². The molecule has 1 saturated heterocycles. The maximum atomic E-state index is 12.5. The molecule has 2 heterocycles. The van der Waals surface area contributed by atoms with Gasteiger partial charge in [-0.15, -0.1) is 0 Å². The van der Waals surface area contributed by atoms with E-state index in [1.165, 1.54) is 0 Å². The quantitative estimate of drug-likeness (QED) is 0.923. The van der Waals surface area contributed by atoms with Crippen LogP contribution in [0.3, 0.4) is 0 Å². The van der Waals surface area contributed by atoms with Crippen molar-refractivity contribution in [1.82, 2.24) is 20.0 Å². The van der Waals surface area contributed by atoms with E-state index >= 15 is 0 Å². The van der Waals surface area contributed by atoms with Gasteiger partial charge in [0.25, 0.3) is 5.91 Å². The molecule has 0 radical (unpaired) electrons. The number of carbonyl (C=O) groups is 1. The van der Waals surface area contributed by atoms with Gasteiger partial charge in [-0.25, -0.2) is 4.68 Å². The summed E-state index contributed by atoms with van der Waals surface area (Å²) < 4.78 is 1.64. The zero-order valence-electron chi connectivity index (χ0n) is 11.8. The molecule has 1 aromatic heterocycles. The number of aromatic nitrogens is 2. The van der Waals surface area contributed by atoms with Crippen molar-refractivity contribution in [2.45, 2.75) is 13.0 Å². The van der Waals surface area contributed by atoms with Gasteiger partial charge in [-0.3, -0.25) is 4.79 Å². The predicted molar refractivity (Wildman–Crippen MR) is 81.9 cm³/mol. The van der Waals surface area contributed by atoms with Crippen LogP contribution in [0.4, 0.5) is 0 Å². The van der Waals surface area contributed by atoms with Crippen molar-refractivity contribution < 1.29 is 4.79 Å². The minimum absolute atomic E-state index is 0.0332. The number of halogens is 1. The van der Waals surface area contributed by atoms with E-state index in [0.29, 0.717) is 29.8 Å². The monoisotopic (exact) mass is 304 g/mol. The predicted octanol–water partition coefficient (Wildman–Crippen LogP) is 1.96. The van der Waals surface area contributed by atoms with E-state index in [0.717, 1.165) is 12.2 Å². The number of amides is 1. The van der Waals surface area contributed by atoms with Crippen LogP contribution in [0.1, 0.15) is 17.4 Å². The maximum absolute atomic E-state index is 12.5. The van der Waals surface area contributed by atoms with Crippen LogP contribution in [0.15, 0.2) is 36.5 Å². The zero-order chi connectivity index (χ0) is 14.8. The first kappa shape index (κ1) is 14.1. The molecule has 0 bridgehead atoms. The van der Waals surface area contributed by atoms with Crippen molar-refractivity contribution in [3.8, 4) is 5.69 Å². The Morgan fingerprint density at radius 3 is 2.95 bits per heavy atom. The Morgan fingerprint density at radius 2 is 2.19 bits per heavy atom. The fourth-order valence-electron chi connectivity index (χ4n) is 2.49. The fraction of sp³-hybridized carbons (Fsp3) is 0.333. The Hall–Kier alpha value is -1.85. The molecule has 2 aromatic rings. The first-order chi connectivity index (χ1) is 10.1. The number of nitrogens with zero attached hydrogens (tertiary/aromatic N) is 3. The number of carbonyl (C=O) groups excluding carboxylic acids is 1. The van der Waals surface area contributed by atoms with Crippen LogP contribution in [0.25, 0.3) is 5.69 Å². The molecule has 21 heavy (non-hydrogen) atoms. The highest BCUT2D eigenvalue weighted by Crippen LogP contribution is 2.19. The van der Waals surface area contributed by atoms with Crippen molar-refractivity contribution in [2.24, 2.45) is 0 Å². The molecule has 1 fully saturated rings. The molecule has 1 amide bonds. The Balaban J connectivity index is 1.82. The number of nitrogens with one attached hydrogen (secondary N) is 1. The zero-order valence-corrected chi connectivity index (χ0v) is 12.5. The van der Waals surface area contributed by atoms with Crippen LogP contribution in [0.5, 0.6) is 0 Å². The van der Waals surface area contributed by atoms with E-state index in [4.69, 9.17) is 11.6 Å². The lowest BCUT2D eigenvalue weighted by molar-refractivity contribution is 0.0702. The van der Waals surface area contributed by atoms with E-state index in [9.17, 15) is 4.79 Å². The Morgan fingerprint density at radius 1 is 1.38 bits per heavy atom. The number of hydrogen-bond donors (Lipinski definition) is 1. The summed E-state index contributed by atoms with van der Waals surface area (Å²) in [5, 5.41) is 8.29. The van der Waals surface area contributed by atoms with Crippen molar-refractivity contribution in [3.63, 3.8) is 0 Å². The van der Waals surface area contributed by atoms with Crippen LogP contribution in [-0.2, 0) is 0 Å². The lowest BCUT2D eigenvalue weighted by atomic mass is 10.2. The van der Waals surface area contributed by atoms with E-state index in [-0.39, 0.29) is 5.91 Å². The number of rotatable bonds is 2. The highest BCUT2D eigenvalue weighted by Gasteiger charge is 2.23. The van der Waals surface area contributed by atoms with Gasteiger partial charge in [0.15, 0.2) is 5.69 Å². The van der Waals surface area contributed by atoms with Gasteiger partial charge in [0, 0.05) is 31.9 Å². The van der Waals surface area contributed by atoms with Gasteiger partial charge in [0.1, 0.15) is 0 Å². The van der Waals surface area contributed by atoms with Gasteiger partial charge in [-0.2, -0.15) is 5.10 Å². The first-order valence-corrected chi connectivity index (χ1v) is 7.36. The number of hydrogen-bond acceptors (Lipinski definition) is 3. The Kier molecular flexibility index (Phi) is 3.94. The largest absolute Gasteiger partial charge is 0.334 e. The molecule has 1 atom stereocenters. The topological polar surface area (TPSA) is 50.2 Å². The normalized spacial score (nSPS) is 18.8. The third kappa shape index (κ3) is 2.94. The SMILES string of the molecule is C[C@@H]1CN(C(=O)c2ccn(-c3ccccc3Cl)n2)CCN1. The van der Waals surface area contributed by atoms with Gasteiger partial charge < -0.3 is 10.2 Å². The number of benzene rings is 1. The first-order valence-electron chi connectivity index (χ1n) is 6.98. The third-order valence-corrected chi connectivity index (χ3v) is 3.88. The van der Waals surface area contributed by atoms with E-state index in [2.05, 4.69) is 17.3 Å². The summed E-state index contributed by atoms with van der Waals surface area (Å²) in [6.45, 7) is 4.31. The second-order valence-corrected chi connectivity index (χ2v) is 5.61. The standard InChI is InChI=1S/C15H17ClN4O/c1-11-10-19(9-7-17-11)15(21)13-6-8-20(18-13)14-5-3-2-4-12(14)16/h2-6,8,11,17H,7,9-10H2,1H3/t11-/m1/s1. The highest BCUT2D eigenvalue weighted by atomic mass is 35.5. The number of piperazine rings is 1. The average molecular weight is 305 g/mol. The Bertz CT molecular complexity index is 655. The van der Waals surface area contributed by atoms with Gasteiger partial charge in [-0.05, 0) is 25.1 Å². The molecule has 1 aromatic carbocycles. The molecular formula is C15H17ClN4O. The molecule has 5 nitrogen and oxygen atoms in total. The smallest absolute Gasteiger partial charge is 0.274 e. The van der Waals surface area contributed by atoms with Crippen LogP contribution in [-0.4, -0.2) is 46.3 Å². The molecule has 0 aliphatic carbocycles. The van der Waals surface area contributed by atoms with Crippen molar-refractivity contribution in [2.75, 3.05) is 19.6 Å². The molecule has 1 N–H and O–H groups in total. The molecule has 3 rings (SSSR count). The summed E-state index contributed by atoms with van der Waals surface area (Å²) in [4.78, 5) is 14.3.